The minimum absolute atomic E-state index is 0.0320. The maximum absolute atomic E-state index is 13.9. The molecule has 3 amide bonds. The molecule has 2 aliphatic rings. The van der Waals surface area contributed by atoms with Gasteiger partial charge in [-0.1, -0.05) is 31.9 Å². The average molecular weight is 607 g/mol. The molecule has 44 heavy (non-hydrogen) atoms. The van der Waals surface area contributed by atoms with Crippen LogP contribution in [0.2, 0.25) is 0 Å². The van der Waals surface area contributed by atoms with Crippen LogP contribution in [-0.2, 0) is 27.4 Å². The molecule has 10 heteroatoms. The van der Waals surface area contributed by atoms with E-state index in [2.05, 4.69) is 19.9 Å². The Labute approximate surface area is 260 Å². The molecule has 0 N–H and O–H groups in total. The number of urea groups is 1. The molecule has 0 radical (unpaired) electrons. The molecule has 0 spiro atoms. The van der Waals surface area contributed by atoms with Crippen molar-refractivity contribution >= 4 is 28.5 Å². The molecule has 3 heterocycles. The summed E-state index contributed by atoms with van der Waals surface area (Å²) in [6.07, 6.45) is 5.91. The van der Waals surface area contributed by atoms with Gasteiger partial charge in [-0.2, -0.15) is 0 Å². The van der Waals surface area contributed by atoms with E-state index in [0.717, 1.165) is 47.8 Å². The Hall–Kier alpha value is -3.76. The van der Waals surface area contributed by atoms with Crippen molar-refractivity contribution in [3.8, 4) is 11.5 Å². The summed E-state index contributed by atoms with van der Waals surface area (Å²) in [4.78, 5) is 32.8. The van der Waals surface area contributed by atoms with E-state index < -0.39 is 0 Å². The van der Waals surface area contributed by atoms with Crippen molar-refractivity contribution in [2.45, 2.75) is 64.8 Å². The van der Waals surface area contributed by atoms with Crippen LogP contribution in [0.1, 0.15) is 45.1 Å². The van der Waals surface area contributed by atoms with Gasteiger partial charge in [0.2, 0.25) is 5.91 Å². The molecule has 0 saturated carbocycles. The van der Waals surface area contributed by atoms with Crippen molar-refractivity contribution in [2.75, 3.05) is 58.6 Å². The number of aromatic nitrogens is 1. The van der Waals surface area contributed by atoms with Crippen molar-refractivity contribution in [2.24, 2.45) is 0 Å². The fraction of sp³-hybridized carbons (Fsp3) is 0.529. The number of ether oxygens (including phenoxy) is 4. The summed E-state index contributed by atoms with van der Waals surface area (Å²) >= 11 is 0. The van der Waals surface area contributed by atoms with Gasteiger partial charge in [0.25, 0.3) is 0 Å². The zero-order chi connectivity index (χ0) is 31.1. The molecule has 5 rings (SSSR count). The fourth-order valence-electron chi connectivity index (χ4n) is 6.08. The normalized spacial score (nSPS) is 19.1. The highest BCUT2D eigenvalue weighted by atomic mass is 16.5. The molecule has 2 aromatic carbocycles. The second kappa shape index (κ2) is 14.8. The lowest BCUT2D eigenvalue weighted by Gasteiger charge is -2.40. The number of carbonyl (C=O) groups is 2. The summed E-state index contributed by atoms with van der Waals surface area (Å²) in [5.41, 5.74) is 2.83. The van der Waals surface area contributed by atoms with Crippen molar-refractivity contribution in [3.63, 3.8) is 0 Å². The molecule has 3 aromatic rings. The number of methoxy groups -OCH3 is 2. The van der Waals surface area contributed by atoms with Gasteiger partial charge in [-0.15, -0.1) is 0 Å². The highest BCUT2D eigenvalue weighted by molar-refractivity contribution is 5.94. The van der Waals surface area contributed by atoms with Crippen molar-refractivity contribution in [3.05, 3.63) is 54.2 Å². The highest BCUT2D eigenvalue weighted by Gasteiger charge is 2.33. The van der Waals surface area contributed by atoms with Crippen LogP contribution in [0.15, 0.2) is 48.7 Å². The van der Waals surface area contributed by atoms with E-state index in [9.17, 15) is 9.59 Å². The van der Waals surface area contributed by atoms with Crippen LogP contribution in [0.25, 0.3) is 10.9 Å². The number of morpholine rings is 1. The predicted octanol–water partition coefficient (Wildman–Crippen LogP) is 5.31. The number of amides is 3. The van der Waals surface area contributed by atoms with Crippen molar-refractivity contribution < 1.29 is 28.5 Å². The van der Waals surface area contributed by atoms with E-state index in [0.29, 0.717) is 57.5 Å². The highest BCUT2D eigenvalue weighted by Crippen LogP contribution is 2.34. The van der Waals surface area contributed by atoms with E-state index in [1.807, 2.05) is 61.9 Å². The smallest absolute Gasteiger partial charge is 0.325 e. The van der Waals surface area contributed by atoms with E-state index in [1.165, 1.54) is 0 Å². The third-order valence-corrected chi connectivity index (χ3v) is 8.64. The molecule has 0 bridgehead atoms. The maximum atomic E-state index is 13.9. The van der Waals surface area contributed by atoms with Crippen LogP contribution in [0, 0.1) is 0 Å². The number of hydrogen-bond acceptors (Lipinski definition) is 6. The van der Waals surface area contributed by atoms with Gasteiger partial charge >= 0.3 is 6.03 Å². The second-order valence-corrected chi connectivity index (χ2v) is 11.7. The molecular formula is C34H46N4O6. The van der Waals surface area contributed by atoms with Crippen LogP contribution in [0.5, 0.6) is 11.5 Å². The summed E-state index contributed by atoms with van der Waals surface area (Å²) in [7, 11) is 3.28. The lowest BCUT2D eigenvalue weighted by Crippen LogP contribution is -2.53. The monoisotopic (exact) mass is 606 g/mol. The fourth-order valence-corrected chi connectivity index (χ4v) is 6.08. The van der Waals surface area contributed by atoms with Crippen LogP contribution in [0.4, 0.5) is 10.5 Å². The third kappa shape index (κ3) is 7.13. The molecule has 2 saturated heterocycles. The number of fused-ring (bicyclic) bond motifs is 1. The topological polar surface area (TPSA) is 85.7 Å². The lowest BCUT2D eigenvalue weighted by molar-refractivity contribution is -0.141. The van der Waals surface area contributed by atoms with Crippen LogP contribution in [0.3, 0.4) is 0 Å². The molecule has 2 aliphatic heterocycles. The number of carbonyl (C=O) groups excluding carboxylic acids is 2. The minimum Gasteiger partial charge on any atom is -0.493 e. The van der Waals surface area contributed by atoms with Crippen molar-refractivity contribution in [1.29, 1.82) is 0 Å². The predicted molar refractivity (Wildman–Crippen MR) is 171 cm³/mol. The Morgan fingerprint density at radius 1 is 1.07 bits per heavy atom. The summed E-state index contributed by atoms with van der Waals surface area (Å²) < 4.78 is 24.5. The molecule has 238 valence electrons. The van der Waals surface area contributed by atoms with E-state index in [-0.39, 0.29) is 30.6 Å². The summed E-state index contributed by atoms with van der Waals surface area (Å²) in [5, 5.41) is 1.05. The maximum Gasteiger partial charge on any atom is 0.325 e. The first-order chi connectivity index (χ1) is 21.4. The number of anilines is 1. The first-order valence-electron chi connectivity index (χ1n) is 15.8. The molecule has 0 unspecified atom stereocenters. The van der Waals surface area contributed by atoms with Gasteiger partial charge < -0.3 is 33.3 Å². The van der Waals surface area contributed by atoms with Crippen LogP contribution in [-0.4, -0.2) is 92.1 Å². The van der Waals surface area contributed by atoms with Gasteiger partial charge in [0.1, 0.15) is 6.54 Å². The quantitative estimate of drug-likeness (QED) is 0.245. The SMILES string of the molecule is CCCCCOc1cc(N2CC[C@H](C)N(Cc3cccc4c3ccn4CC(=O)N3CCO[C@@H](COC)C3)C2=O)ccc1OC. The lowest BCUT2D eigenvalue weighted by atomic mass is 10.1. The number of rotatable bonds is 13. The number of unbranched alkanes of at least 4 members (excludes halogenated alkanes) is 2. The largest absolute Gasteiger partial charge is 0.493 e. The summed E-state index contributed by atoms with van der Waals surface area (Å²) in [6, 6.07) is 13.9. The first-order valence-corrected chi connectivity index (χ1v) is 15.8. The zero-order valence-electron chi connectivity index (χ0n) is 26.5. The molecular weight excluding hydrogens is 560 g/mol. The summed E-state index contributed by atoms with van der Waals surface area (Å²) in [6.45, 7) is 8.33. The van der Waals surface area contributed by atoms with Gasteiger partial charge in [-0.05, 0) is 49.6 Å². The Kier molecular flexibility index (Phi) is 10.7. The van der Waals surface area contributed by atoms with Gasteiger partial charge in [0, 0.05) is 68.2 Å². The Bertz CT molecular complexity index is 1420. The molecule has 10 nitrogen and oxygen atoms in total. The summed E-state index contributed by atoms with van der Waals surface area (Å²) in [5.74, 6) is 1.38. The van der Waals surface area contributed by atoms with E-state index in [4.69, 9.17) is 18.9 Å². The minimum atomic E-state index is -0.0998. The van der Waals surface area contributed by atoms with Crippen LogP contribution < -0.4 is 14.4 Å². The number of hydrogen-bond donors (Lipinski definition) is 0. The Morgan fingerprint density at radius 2 is 1.93 bits per heavy atom. The van der Waals surface area contributed by atoms with Gasteiger partial charge in [-0.25, -0.2) is 4.79 Å². The van der Waals surface area contributed by atoms with E-state index >= 15 is 0 Å². The number of benzene rings is 2. The zero-order valence-corrected chi connectivity index (χ0v) is 26.5. The van der Waals surface area contributed by atoms with Gasteiger partial charge in [0.05, 0.1) is 33.0 Å². The first kappa shape index (κ1) is 31.7. The Balaban J connectivity index is 1.30. The average Bonchev–Trinajstić information content (AvgIpc) is 3.45. The van der Waals surface area contributed by atoms with Gasteiger partial charge in [0.15, 0.2) is 11.5 Å². The Morgan fingerprint density at radius 3 is 2.73 bits per heavy atom. The van der Waals surface area contributed by atoms with Crippen LogP contribution >= 0.6 is 0 Å². The molecule has 2 atom stereocenters. The van der Waals surface area contributed by atoms with E-state index in [1.54, 1.807) is 14.2 Å². The third-order valence-electron chi connectivity index (χ3n) is 8.64. The standard InChI is InChI=1S/C34H46N4O6/c1-5-6-7-18-44-32-20-27(11-12-31(32)42-4)37-16-13-25(2)38(34(37)40)21-26-9-8-10-30-29(26)14-15-35(30)23-33(39)36-17-19-43-28(22-36)24-41-3/h8-12,14-15,20,25,28H,5-7,13,16-19,21-24H2,1-4H3/t25-,28+/m0/s1. The molecule has 1 aromatic heterocycles. The number of nitrogens with zero attached hydrogens (tertiary/aromatic N) is 4. The molecule has 2 fully saturated rings. The van der Waals surface area contributed by atoms with Gasteiger partial charge in [-0.3, -0.25) is 9.69 Å². The van der Waals surface area contributed by atoms with Crippen molar-refractivity contribution in [1.82, 2.24) is 14.4 Å². The second-order valence-electron chi connectivity index (χ2n) is 11.7. The molecule has 0 aliphatic carbocycles.